The van der Waals surface area contributed by atoms with Gasteiger partial charge in [-0.05, 0) is 36.6 Å². The van der Waals surface area contributed by atoms with Crippen LogP contribution in [0.4, 0.5) is 4.39 Å². The van der Waals surface area contributed by atoms with Crippen molar-refractivity contribution in [2.45, 2.75) is 45.3 Å². The molecule has 1 heterocycles. The van der Waals surface area contributed by atoms with E-state index in [-0.39, 0.29) is 5.82 Å². The minimum Gasteiger partial charge on any atom is -0.311 e. The monoisotopic (exact) mass is 328 g/mol. The summed E-state index contributed by atoms with van der Waals surface area (Å²) >= 11 is 3.52. The fourth-order valence-electron chi connectivity index (χ4n) is 2.68. The van der Waals surface area contributed by atoms with Gasteiger partial charge in [0.2, 0.25) is 0 Å². The third-order valence-electron chi connectivity index (χ3n) is 3.96. The van der Waals surface area contributed by atoms with E-state index in [2.05, 4.69) is 40.0 Å². The molecule has 0 bridgehead atoms. The van der Waals surface area contributed by atoms with Gasteiger partial charge in [-0.1, -0.05) is 29.8 Å². The van der Waals surface area contributed by atoms with Crippen LogP contribution in [0.3, 0.4) is 0 Å². The number of piperazine rings is 1. The molecule has 2 nitrogen and oxygen atoms in total. The number of rotatable bonds is 4. The van der Waals surface area contributed by atoms with E-state index in [9.17, 15) is 4.39 Å². The van der Waals surface area contributed by atoms with Gasteiger partial charge in [-0.2, -0.15) is 0 Å². The standard InChI is InChI=1S/C15H22BrFN2/c1-3-13-10-19(14(4-2)8-18-13)9-11-7-12(17)5-6-15(11)16/h5-7,13-14,18H,3-4,8-10H2,1-2H3. The Labute approximate surface area is 123 Å². The molecule has 1 N–H and O–H groups in total. The summed E-state index contributed by atoms with van der Waals surface area (Å²) in [6.07, 6.45) is 2.26. The van der Waals surface area contributed by atoms with E-state index in [1.54, 1.807) is 12.1 Å². The second-order valence-corrected chi connectivity index (χ2v) is 6.10. The van der Waals surface area contributed by atoms with Crippen LogP contribution in [0.1, 0.15) is 32.3 Å². The molecule has 2 atom stereocenters. The topological polar surface area (TPSA) is 15.3 Å². The molecule has 2 unspecified atom stereocenters. The van der Waals surface area contributed by atoms with Crippen LogP contribution in [0.25, 0.3) is 0 Å². The highest BCUT2D eigenvalue weighted by Crippen LogP contribution is 2.22. The molecule has 4 heteroatoms. The van der Waals surface area contributed by atoms with E-state index in [4.69, 9.17) is 0 Å². The van der Waals surface area contributed by atoms with Crippen molar-refractivity contribution in [3.8, 4) is 0 Å². The number of halogens is 2. The fourth-order valence-corrected chi connectivity index (χ4v) is 3.05. The molecule has 0 radical (unpaired) electrons. The van der Waals surface area contributed by atoms with Crippen LogP contribution in [-0.4, -0.2) is 30.1 Å². The molecule has 0 spiro atoms. The van der Waals surface area contributed by atoms with Crippen LogP contribution in [0.5, 0.6) is 0 Å². The lowest BCUT2D eigenvalue weighted by atomic mass is 10.0. The minimum atomic E-state index is -0.159. The summed E-state index contributed by atoms with van der Waals surface area (Å²) in [6, 6.07) is 6.02. The zero-order valence-corrected chi connectivity index (χ0v) is 13.2. The average molecular weight is 329 g/mol. The van der Waals surface area contributed by atoms with Gasteiger partial charge < -0.3 is 5.32 Å². The first-order chi connectivity index (χ1) is 9.13. The van der Waals surface area contributed by atoms with Crippen molar-refractivity contribution in [1.82, 2.24) is 10.2 Å². The van der Waals surface area contributed by atoms with Gasteiger partial charge in [-0.15, -0.1) is 0 Å². The molecule has 1 aliphatic heterocycles. The summed E-state index contributed by atoms with van der Waals surface area (Å²) in [5, 5.41) is 3.58. The van der Waals surface area contributed by atoms with Crippen molar-refractivity contribution in [3.63, 3.8) is 0 Å². The molecular formula is C15H22BrFN2. The number of nitrogens with zero attached hydrogens (tertiary/aromatic N) is 1. The predicted octanol–water partition coefficient (Wildman–Crippen LogP) is 3.55. The Morgan fingerprint density at radius 3 is 2.84 bits per heavy atom. The van der Waals surface area contributed by atoms with Crippen LogP contribution in [-0.2, 0) is 6.54 Å². The van der Waals surface area contributed by atoms with Gasteiger partial charge in [0.25, 0.3) is 0 Å². The Hall–Kier alpha value is -0.450. The van der Waals surface area contributed by atoms with Crippen LogP contribution in [0, 0.1) is 5.82 Å². The first kappa shape index (κ1) is 14.9. The predicted molar refractivity (Wildman–Crippen MR) is 80.7 cm³/mol. The molecule has 1 aliphatic rings. The summed E-state index contributed by atoms with van der Waals surface area (Å²) in [4.78, 5) is 2.48. The smallest absolute Gasteiger partial charge is 0.123 e. The lowest BCUT2D eigenvalue weighted by Gasteiger charge is -2.40. The summed E-state index contributed by atoms with van der Waals surface area (Å²) < 4.78 is 14.4. The van der Waals surface area contributed by atoms with Crippen LogP contribution in [0.2, 0.25) is 0 Å². The summed E-state index contributed by atoms with van der Waals surface area (Å²) in [5.74, 6) is -0.159. The van der Waals surface area contributed by atoms with Crippen molar-refractivity contribution in [2.24, 2.45) is 0 Å². The highest BCUT2D eigenvalue weighted by molar-refractivity contribution is 9.10. The third-order valence-corrected chi connectivity index (χ3v) is 4.73. The fraction of sp³-hybridized carbons (Fsp3) is 0.600. The molecule has 0 saturated carbocycles. The van der Waals surface area contributed by atoms with E-state index in [1.807, 2.05) is 0 Å². The van der Waals surface area contributed by atoms with E-state index >= 15 is 0 Å². The van der Waals surface area contributed by atoms with Gasteiger partial charge in [-0.3, -0.25) is 4.90 Å². The van der Waals surface area contributed by atoms with Crippen molar-refractivity contribution in [1.29, 1.82) is 0 Å². The molecule has 1 aromatic carbocycles. The maximum absolute atomic E-state index is 13.4. The second kappa shape index (κ2) is 6.82. The molecule has 2 rings (SSSR count). The molecule has 106 valence electrons. The number of nitrogens with one attached hydrogen (secondary N) is 1. The van der Waals surface area contributed by atoms with Crippen LogP contribution >= 0.6 is 15.9 Å². The molecular weight excluding hydrogens is 307 g/mol. The van der Waals surface area contributed by atoms with Crippen molar-refractivity contribution >= 4 is 15.9 Å². The largest absolute Gasteiger partial charge is 0.311 e. The van der Waals surface area contributed by atoms with Crippen molar-refractivity contribution in [3.05, 3.63) is 34.1 Å². The van der Waals surface area contributed by atoms with Gasteiger partial charge in [0.1, 0.15) is 5.82 Å². The van der Waals surface area contributed by atoms with Gasteiger partial charge in [0.15, 0.2) is 0 Å². The summed E-state index contributed by atoms with van der Waals surface area (Å²) in [5.41, 5.74) is 1.04. The van der Waals surface area contributed by atoms with Crippen molar-refractivity contribution < 1.29 is 4.39 Å². The average Bonchev–Trinajstić information content (AvgIpc) is 2.42. The molecule has 0 aliphatic carbocycles. The molecule has 0 amide bonds. The Balaban J connectivity index is 2.11. The molecule has 1 fully saturated rings. The number of hydrogen-bond donors (Lipinski definition) is 1. The Morgan fingerprint density at radius 1 is 1.37 bits per heavy atom. The molecule has 0 aromatic heterocycles. The van der Waals surface area contributed by atoms with Gasteiger partial charge >= 0.3 is 0 Å². The minimum absolute atomic E-state index is 0.159. The maximum Gasteiger partial charge on any atom is 0.123 e. The van der Waals surface area contributed by atoms with E-state index in [1.165, 1.54) is 6.07 Å². The lowest BCUT2D eigenvalue weighted by Crippen LogP contribution is -2.55. The Kier molecular flexibility index (Phi) is 5.37. The highest BCUT2D eigenvalue weighted by atomic mass is 79.9. The SMILES string of the molecule is CCC1CN(Cc2cc(F)ccc2Br)C(CC)CN1. The molecule has 19 heavy (non-hydrogen) atoms. The Morgan fingerprint density at radius 2 is 2.16 bits per heavy atom. The van der Waals surface area contributed by atoms with Gasteiger partial charge in [0.05, 0.1) is 0 Å². The van der Waals surface area contributed by atoms with Gasteiger partial charge in [-0.25, -0.2) is 4.39 Å². The normalized spacial score (nSPS) is 24.6. The van der Waals surface area contributed by atoms with Gasteiger partial charge in [0, 0.05) is 36.2 Å². The second-order valence-electron chi connectivity index (χ2n) is 5.24. The lowest BCUT2D eigenvalue weighted by molar-refractivity contribution is 0.117. The maximum atomic E-state index is 13.4. The quantitative estimate of drug-likeness (QED) is 0.909. The first-order valence-electron chi connectivity index (χ1n) is 7.05. The molecule has 1 saturated heterocycles. The molecule has 1 aromatic rings. The van der Waals surface area contributed by atoms with Crippen molar-refractivity contribution in [2.75, 3.05) is 13.1 Å². The van der Waals surface area contributed by atoms with E-state index < -0.39 is 0 Å². The Bertz CT molecular complexity index is 425. The first-order valence-corrected chi connectivity index (χ1v) is 7.84. The van der Waals surface area contributed by atoms with E-state index in [0.717, 1.165) is 42.5 Å². The third kappa shape index (κ3) is 3.77. The summed E-state index contributed by atoms with van der Waals surface area (Å²) in [7, 11) is 0. The number of benzene rings is 1. The highest BCUT2D eigenvalue weighted by Gasteiger charge is 2.26. The van der Waals surface area contributed by atoms with Crippen LogP contribution in [0.15, 0.2) is 22.7 Å². The van der Waals surface area contributed by atoms with Crippen LogP contribution < -0.4 is 5.32 Å². The zero-order chi connectivity index (χ0) is 13.8. The number of hydrogen-bond acceptors (Lipinski definition) is 2. The van der Waals surface area contributed by atoms with E-state index in [0.29, 0.717) is 12.1 Å². The summed E-state index contributed by atoms with van der Waals surface area (Å²) in [6.45, 7) is 7.31. The zero-order valence-electron chi connectivity index (χ0n) is 11.6.